The summed E-state index contributed by atoms with van der Waals surface area (Å²) >= 11 is 2.91. The Kier molecular flexibility index (Phi) is 6.53. The number of esters is 1. The standard InChI is InChI=1S/C26H29N5O4S2/c1-6-35-25(34)19-15-9-7-10-17(15)37-23(19)28-22(32)14(2)30-24(33)21-16(13-27-31(21)26(3,4)5)20(29-30)18-11-8-12-36-18/h8,11-14H,6-7,9-10H2,1-5H3,(H,28,32). The van der Waals surface area contributed by atoms with Crippen LogP contribution in [0.15, 0.2) is 28.5 Å². The minimum atomic E-state index is -0.939. The predicted octanol–water partition coefficient (Wildman–Crippen LogP) is 5.00. The molecule has 0 bridgehead atoms. The molecule has 0 fully saturated rings. The fraction of sp³-hybridized carbons (Fsp3) is 0.423. The molecule has 1 atom stereocenters. The number of aromatic nitrogens is 4. The number of hydrogen-bond donors (Lipinski definition) is 1. The van der Waals surface area contributed by atoms with E-state index in [1.807, 2.05) is 38.3 Å². The molecule has 0 radical (unpaired) electrons. The second-order valence-corrected chi connectivity index (χ2v) is 12.1. The Hall–Kier alpha value is -3.31. The van der Waals surface area contributed by atoms with E-state index in [-0.39, 0.29) is 6.61 Å². The third-order valence-electron chi connectivity index (χ3n) is 6.42. The number of aryl methyl sites for hydroxylation is 1. The Bertz CT molecular complexity index is 1560. The van der Waals surface area contributed by atoms with Gasteiger partial charge in [-0.05, 0) is 70.9 Å². The van der Waals surface area contributed by atoms with Gasteiger partial charge in [0.1, 0.15) is 22.3 Å². The predicted molar refractivity (Wildman–Crippen MR) is 146 cm³/mol. The Labute approximate surface area is 222 Å². The first kappa shape index (κ1) is 25.3. The number of amides is 1. The molecule has 1 aliphatic rings. The van der Waals surface area contributed by atoms with Crippen LogP contribution in [0, 0.1) is 0 Å². The lowest BCUT2D eigenvalue weighted by atomic mass is 10.1. The summed E-state index contributed by atoms with van der Waals surface area (Å²) in [5, 5.41) is 15.1. The second-order valence-electron chi connectivity index (χ2n) is 10.0. The normalized spacial score (nSPS) is 14.1. The fourth-order valence-corrected chi connectivity index (χ4v) is 6.65. The number of carbonyl (C=O) groups excluding carboxylic acids is 2. The van der Waals surface area contributed by atoms with Gasteiger partial charge in [-0.2, -0.15) is 10.2 Å². The van der Waals surface area contributed by atoms with Crippen molar-refractivity contribution >= 4 is 50.5 Å². The van der Waals surface area contributed by atoms with Gasteiger partial charge in [-0.3, -0.25) is 14.3 Å². The van der Waals surface area contributed by atoms with E-state index in [1.165, 1.54) is 27.4 Å². The van der Waals surface area contributed by atoms with E-state index in [0.29, 0.717) is 27.2 Å². The average Bonchev–Trinajstić information content (AvgIpc) is 3.62. The van der Waals surface area contributed by atoms with Crippen LogP contribution in [0.5, 0.6) is 0 Å². The van der Waals surface area contributed by atoms with Crippen LogP contribution < -0.4 is 10.9 Å². The number of ether oxygens (including phenoxy) is 1. The van der Waals surface area contributed by atoms with Crippen molar-refractivity contribution in [2.45, 2.75) is 65.5 Å². The van der Waals surface area contributed by atoms with Crippen LogP contribution in [0.2, 0.25) is 0 Å². The summed E-state index contributed by atoms with van der Waals surface area (Å²) in [6.45, 7) is 9.55. The van der Waals surface area contributed by atoms with Gasteiger partial charge in [0.25, 0.3) is 5.56 Å². The van der Waals surface area contributed by atoms with Gasteiger partial charge in [0.05, 0.1) is 34.2 Å². The van der Waals surface area contributed by atoms with Crippen molar-refractivity contribution in [2.75, 3.05) is 11.9 Å². The fourth-order valence-electron chi connectivity index (χ4n) is 4.65. The van der Waals surface area contributed by atoms with Crippen LogP contribution in [-0.2, 0) is 27.9 Å². The number of hydrogen-bond acceptors (Lipinski definition) is 8. The number of thiophene rings is 2. The van der Waals surface area contributed by atoms with Crippen LogP contribution in [0.4, 0.5) is 5.00 Å². The molecule has 5 rings (SSSR count). The molecule has 1 N–H and O–H groups in total. The third-order valence-corrected chi connectivity index (χ3v) is 8.50. The summed E-state index contributed by atoms with van der Waals surface area (Å²) in [6, 6.07) is 2.91. The van der Waals surface area contributed by atoms with Crippen molar-refractivity contribution in [3.05, 3.63) is 50.1 Å². The SMILES string of the molecule is CCOC(=O)c1c(NC(=O)C(C)n2nc(-c3cccs3)c3cnn(C(C)(C)C)c3c2=O)sc2c1CCC2. The van der Waals surface area contributed by atoms with E-state index in [4.69, 9.17) is 4.74 Å². The highest BCUT2D eigenvalue weighted by Gasteiger charge is 2.31. The molecule has 0 aromatic carbocycles. The summed E-state index contributed by atoms with van der Waals surface area (Å²) in [4.78, 5) is 42.0. The first-order valence-electron chi connectivity index (χ1n) is 12.3. The number of nitrogens with zero attached hydrogens (tertiary/aromatic N) is 4. The van der Waals surface area contributed by atoms with Crippen LogP contribution in [-0.4, -0.2) is 38.0 Å². The van der Waals surface area contributed by atoms with E-state index in [2.05, 4.69) is 15.5 Å². The van der Waals surface area contributed by atoms with Gasteiger partial charge < -0.3 is 10.1 Å². The maximum atomic E-state index is 13.7. The van der Waals surface area contributed by atoms with Crippen molar-refractivity contribution in [3.8, 4) is 10.6 Å². The average molecular weight is 540 g/mol. The monoisotopic (exact) mass is 539 g/mol. The Morgan fingerprint density at radius 1 is 1.27 bits per heavy atom. The van der Waals surface area contributed by atoms with E-state index < -0.39 is 29.0 Å². The van der Waals surface area contributed by atoms with Gasteiger partial charge in [0, 0.05) is 4.88 Å². The number of carbonyl (C=O) groups is 2. The van der Waals surface area contributed by atoms with Crippen molar-refractivity contribution in [1.29, 1.82) is 0 Å². The molecule has 0 spiro atoms. The largest absolute Gasteiger partial charge is 0.462 e. The first-order chi connectivity index (χ1) is 17.6. The summed E-state index contributed by atoms with van der Waals surface area (Å²) in [5.41, 5.74) is 1.53. The Morgan fingerprint density at radius 3 is 2.73 bits per heavy atom. The molecule has 37 heavy (non-hydrogen) atoms. The molecule has 4 aromatic rings. The van der Waals surface area contributed by atoms with E-state index in [9.17, 15) is 14.4 Å². The van der Waals surface area contributed by atoms with E-state index in [0.717, 1.165) is 34.6 Å². The molecule has 0 saturated heterocycles. The van der Waals surface area contributed by atoms with E-state index in [1.54, 1.807) is 24.7 Å². The smallest absolute Gasteiger partial charge is 0.341 e. The van der Waals surface area contributed by atoms with Gasteiger partial charge >= 0.3 is 5.97 Å². The molecule has 1 amide bonds. The molecule has 9 nitrogen and oxygen atoms in total. The molecule has 0 aliphatic heterocycles. The molecule has 11 heteroatoms. The molecule has 1 unspecified atom stereocenters. The zero-order valence-electron chi connectivity index (χ0n) is 21.5. The molecule has 4 aromatic heterocycles. The van der Waals surface area contributed by atoms with Crippen molar-refractivity contribution in [2.24, 2.45) is 0 Å². The third kappa shape index (κ3) is 4.40. The quantitative estimate of drug-likeness (QED) is 0.345. The lowest BCUT2D eigenvalue weighted by Crippen LogP contribution is -2.36. The highest BCUT2D eigenvalue weighted by Crippen LogP contribution is 2.40. The maximum absolute atomic E-state index is 13.7. The number of rotatable bonds is 6. The summed E-state index contributed by atoms with van der Waals surface area (Å²) in [7, 11) is 0. The van der Waals surface area contributed by atoms with Gasteiger partial charge in [-0.25, -0.2) is 9.48 Å². The highest BCUT2D eigenvalue weighted by molar-refractivity contribution is 7.17. The molecular weight excluding hydrogens is 510 g/mol. The Morgan fingerprint density at radius 2 is 2.05 bits per heavy atom. The van der Waals surface area contributed by atoms with Gasteiger partial charge in [0.15, 0.2) is 0 Å². The lowest BCUT2D eigenvalue weighted by molar-refractivity contribution is -0.119. The Balaban J connectivity index is 1.58. The lowest BCUT2D eigenvalue weighted by Gasteiger charge is -2.21. The van der Waals surface area contributed by atoms with E-state index >= 15 is 0 Å². The molecule has 4 heterocycles. The maximum Gasteiger partial charge on any atom is 0.341 e. The first-order valence-corrected chi connectivity index (χ1v) is 14.0. The second kappa shape index (κ2) is 9.53. The van der Waals surface area contributed by atoms with Gasteiger partial charge in [-0.15, -0.1) is 22.7 Å². The topological polar surface area (TPSA) is 108 Å². The van der Waals surface area contributed by atoms with Crippen LogP contribution >= 0.6 is 22.7 Å². The minimum Gasteiger partial charge on any atom is -0.462 e. The summed E-state index contributed by atoms with van der Waals surface area (Å²) < 4.78 is 8.19. The number of anilines is 1. The molecular formula is C26H29N5O4S2. The van der Waals surface area contributed by atoms with Crippen LogP contribution in [0.3, 0.4) is 0 Å². The number of fused-ring (bicyclic) bond motifs is 2. The van der Waals surface area contributed by atoms with Crippen LogP contribution in [0.1, 0.15) is 67.9 Å². The number of nitrogens with one attached hydrogen (secondary N) is 1. The minimum absolute atomic E-state index is 0.250. The van der Waals surface area contributed by atoms with Crippen LogP contribution in [0.25, 0.3) is 21.5 Å². The van der Waals surface area contributed by atoms with Crippen molar-refractivity contribution < 1.29 is 14.3 Å². The molecule has 194 valence electrons. The van der Waals surface area contributed by atoms with Crippen molar-refractivity contribution in [1.82, 2.24) is 19.6 Å². The summed E-state index contributed by atoms with van der Waals surface area (Å²) in [6.07, 6.45) is 4.29. The highest BCUT2D eigenvalue weighted by atomic mass is 32.1. The zero-order chi connectivity index (χ0) is 26.5. The molecule has 1 aliphatic carbocycles. The van der Waals surface area contributed by atoms with Crippen molar-refractivity contribution in [3.63, 3.8) is 0 Å². The molecule has 0 saturated carbocycles. The van der Waals surface area contributed by atoms with Gasteiger partial charge in [0.2, 0.25) is 5.91 Å². The van der Waals surface area contributed by atoms with Gasteiger partial charge in [-0.1, -0.05) is 6.07 Å². The summed E-state index contributed by atoms with van der Waals surface area (Å²) in [5.74, 6) is -0.867. The zero-order valence-corrected chi connectivity index (χ0v) is 23.1.